The third-order valence-electron chi connectivity index (χ3n) is 5.66. The van der Waals surface area contributed by atoms with Gasteiger partial charge in [-0.05, 0) is 6.42 Å². The Bertz CT molecular complexity index is 1710. The molecule has 4 aromatic rings. The molecule has 10 N–H and O–H groups in total. The van der Waals surface area contributed by atoms with Crippen LogP contribution in [-0.2, 0) is 18.8 Å². The first-order chi connectivity index (χ1) is 20.6. The van der Waals surface area contributed by atoms with Crippen LogP contribution in [0.1, 0.15) is 27.1 Å². The minimum absolute atomic E-state index is 0.0163. The Hall–Kier alpha value is -6.28. The van der Waals surface area contributed by atoms with Crippen molar-refractivity contribution in [1.82, 2.24) is 39.5 Å². The van der Waals surface area contributed by atoms with Gasteiger partial charge in [-0.25, -0.2) is 14.2 Å². The number of nitrogen functional groups attached to an aromatic ring is 4. The van der Waals surface area contributed by atoms with Gasteiger partial charge in [0.2, 0.25) is 11.9 Å². The van der Waals surface area contributed by atoms with Crippen LogP contribution in [0.5, 0.6) is 0 Å². The predicted molar refractivity (Wildman–Crippen MR) is 155 cm³/mol. The molecule has 0 amide bonds. The number of carbonyl (C=O) groups excluding carboxylic acids is 2. The van der Waals surface area contributed by atoms with Crippen LogP contribution in [0, 0.1) is 0 Å². The first-order valence-electron chi connectivity index (χ1n) is 12.4. The second-order valence-corrected chi connectivity index (χ2v) is 8.60. The van der Waals surface area contributed by atoms with Crippen molar-refractivity contribution in [2.45, 2.75) is 6.42 Å². The zero-order valence-electron chi connectivity index (χ0n) is 23.3. The van der Waals surface area contributed by atoms with Crippen LogP contribution in [0.4, 0.5) is 58.2 Å². The van der Waals surface area contributed by atoms with Crippen LogP contribution in [0.25, 0.3) is 0 Å². The van der Waals surface area contributed by atoms with Gasteiger partial charge < -0.3 is 38.3 Å². The Kier molecular flexibility index (Phi) is 8.93. The third-order valence-corrected chi connectivity index (χ3v) is 5.66. The summed E-state index contributed by atoms with van der Waals surface area (Å²) in [5.41, 5.74) is 24.2. The Labute approximate surface area is 242 Å². The molecule has 0 atom stereocenters. The van der Waals surface area contributed by atoms with E-state index in [1.165, 1.54) is 28.9 Å². The number of ether oxygens (including phenoxy) is 1. The van der Waals surface area contributed by atoms with E-state index >= 15 is 0 Å². The van der Waals surface area contributed by atoms with Gasteiger partial charge in [0.15, 0.2) is 52.6 Å². The Balaban J connectivity index is 1.45. The molecule has 0 aliphatic rings. The third kappa shape index (κ3) is 6.72. The van der Waals surface area contributed by atoms with Gasteiger partial charge in [0.25, 0.3) is 0 Å². The van der Waals surface area contributed by atoms with Crippen molar-refractivity contribution in [2.24, 2.45) is 34.6 Å². The summed E-state index contributed by atoms with van der Waals surface area (Å²) >= 11 is 0. The fraction of sp³-hybridized carbons (Fsp3) is 0.273. The highest BCUT2D eigenvalue weighted by molar-refractivity contribution is 5.93. The summed E-state index contributed by atoms with van der Waals surface area (Å²) in [6, 6.07) is 0. The number of hydrogen-bond donors (Lipinski definition) is 6. The minimum Gasteiger partial charge on any atom is -0.465 e. The number of aldehydes is 1. The van der Waals surface area contributed by atoms with Crippen LogP contribution in [0.3, 0.4) is 0 Å². The highest BCUT2D eigenvalue weighted by Crippen LogP contribution is 2.33. The van der Waals surface area contributed by atoms with E-state index in [9.17, 15) is 9.59 Å². The van der Waals surface area contributed by atoms with Gasteiger partial charge in [0.05, 0.1) is 25.1 Å². The number of hydrogen-bond acceptors (Lipinski definition) is 19. The number of aryl methyl sites for hydroxylation is 2. The summed E-state index contributed by atoms with van der Waals surface area (Å²) in [7, 11) is 4.44. The normalized spacial score (nSPS) is 11.3. The van der Waals surface area contributed by atoms with Crippen molar-refractivity contribution >= 4 is 70.4 Å². The fourth-order valence-corrected chi connectivity index (χ4v) is 3.58. The molecule has 0 saturated carbocycles. The number of carbonyl (C=O) groups is 2. The Morgan fingerprint density at radius 1 is 0.837 bits per heavy atom. The van der Waals surface area contributed by atoms with Crippen LogP contribution in [0.15, 0.2) is 32.9 Å². The van der Waals surface area contributed by atoms with Crippen molar-refractivity contribution < 1.29 is 14.3 Å². The van der Waals surface area contributed by atoms with Gasteiger partial charge >= 0.3 is 5.97 Å². The molecule has 4 aromatic heterocycles. The number of aromatic nitrogens is 8. The van der Waals surface area contributed by atoms with Gasteiger partial charge in [0, 0.05) is 27.2 Å². The molecule has 4 heterocycles. The van der Waals surface area contributed by atoms with E-state index in [1.54, 1.807) is 14.1 Å². The number of azo groups is 2. The summed E-state index contributed by atoms with van der Waals surface area (Å²) in [6.45, 7) is 0.719. The summed E-state index contributed by atoms with van der Waals surface area (Å²) in [5.74, 6) is -0.0344. The second-order valence-electron chi connectivity index (χ2n) is 8.60. The van der Waals surface area contributed by atoms with Crippen LogP contribution >= 0.6 is 0 Å². The van der Waals surface area contributed by atoms with Gasteiger partial charge in [0.1, 0.15) is 5.56 Å². The lowest BCUT2D eigenvalue weighted by Crippen LogP contribution is -2.13. The molecular weight excluding hydrogens is 564 g/mol. The Morgan fingerprint density at radius 2 is 1.35 bits per heavy atom. The first kappa shape index (κ1) is 29.7. The number of nitrogens with two attached hydrogens (primary N) is 4. The molecule has 4 rings (SSSR count). The lowest BCUT2D eigenvalue weighted by Gasteiger charge is -2.12. The minimum atomic E-state index is -0.631. The zero-order chi connectivity index (χ0) is 31.1. The van der Waals surface area contributed by atoms with E-state index in [4.69, 9.17) is 27.7 Å². The number of nitrogens with one attached hydrogen (secondary N) is 2. The monoisotopic (exact) mass is 592 g/mol. The van der Waals surface area contributed by atoms with Gasteiger partial charge in [-0.3, -0.25) is 4.79 Å². The topological polar surface area (TPSA) is 308 Å². The molecule has 0 aliphatic carbocycles. The summed E-state index contributed by atoms with van der Waals surface area (Å²) in [6.07, 6.45) is 3.79. The van der Waals surface area contributed by atoms with Crippen molar-refractivity contribution in [3.63, 3.8) is 0 Å². The van der Waals surface area contributed by atoms with Crippen LogP contribution in [-0.4, -0.2) is 72.0 Å². The van der Waals surface area contributed by atoms with Crippen molar-refractivity contribution in [3.05, 3.63) is 23.5 Å². The van der Waals surface area contributed by atoms with Gasteiger partial charge in [-0.1, -0.05) is 0 Å². The molecule has 0 bridgehead atoms. The maximum atomic E-state index is 12.0. The molecule has 21 nitrogen and oxygen atoms in total. The Morgan fingerprint density at radius 3 is 1.88 bits per heavy atom. The van der Waals surface area contributed by atoms with E-state index < -0.39 is 5.97 Å². The van der Waals surface area contributed by atoms with Crippen molar-refractivity contribution in [3.8, 4) is 0 Å². The van der Waals surface area contributed by atoms with Crippen molar-refractivity contribution in [2.75, 3.05) is 53.8 Å². The maximum Gasteiger partial charge on any atom is 0.343 e. The highest BCUT2D eigenvalue weighted by Gasteiger charge is 2.18. The molecule has 0 radical (unpaired) electrons. The van der Waals surface area contributed by atoms with E-state index in [2.05, 4.69) is 61.2 Å². The number of rotatable bonds is 12. The van der Waals surface area contributed by atoms with Gasteiger partial charge in [-0.15, -0.1) is 20.5 Å². The number of methoxy groups -OCH3 is 1. The number of nitrogens with zero attached hydrogens (tertiary/aromatic N) is 12. The van der Waals surface area contributed by atoms with Crippen molar-refractivity contribution in [1.29, 1.82) is 0 Å². The van der Waals surface area contributed by atoms with Gasteiger partial charge in [-0.2, -0.15) is 30.1 Å². The fourth-order valence-electron chi connectivity index (χ4n) is 3.58. The number of esters is 1. The lowest BCUT2D eigenvalue weighted by molar-refractivity contribution is 0.0601. The smallest absolute Gasteiger partial charge is 0.343 e. The van der Waals surface area contributed by atoms with Crippen LogP contribution < -0.4 is 33.6 Å². The average molecular weight is 593 g/mol. The van der Waals surface area contributed by atoms with E-state index in [1.807, 2.05) is 0 Å². The average Bonchev–Trinajstić information content (AvgIpc) is 3.52. The molecule has 0 unspecified atom stereocenters. The molecule has 0 fully saturated rings. The highest BCUT2D eigenvalue weighted by atomic mass is 16.5. The SMILES string of the molecule is COC(=O)c1cnn(C)c1/N=N/c1c(N)nc(N)nc1NCCCNc1nc(N)nc(N)c1/N=N/c1c(C=O)cnn1C. The molecule has 21 heteroatoms. The van der Waals surface area contributed by atoms with E-state index in [0.717, 1.165) is 0 Å². The molecule has 43 heavy (non-hydrogen) atoms. The van der Waals surface area contributed by atoms with Crippen LogP contribution in [0.2, 0.25) is 0 Å². The largest absolute Gasteiger partial charge is 0.465 e. The molecule has 0 spiro atoms. The summed E-state index contributed by atoms with van der Waals surface area (Å²) < 4.78 is 7.48. The molecule has 224 valence electrons. The summed E-state index contributed by atoms with van der Waals surface area (Å²) in [4.78, 5) is 39.5. The number of anilines is 6. The quantitative estimate of drug-likeness (QED) is 0.0586. The van der Waals surface area contributed by atoms with E-state index in [-0.39, 0.29) is 69.3 Å². The molecule has 0 saturated heterocycles. The molecule has 0 aliphatic heterocycles. The summed E-state index contributed by atoms with van der Waals surface area (Å²) in [5, 5.41) is 30.6. The molecule has 0 aromatic carbocycles. The lowest BCUT2D eigenvalue weighted by atomic mass is 10.3. The molecular formula is C22H28N18O3. The predicted octanol–water partition coefficient (Wildman–Crippen LogP) is 1.41. The standard InChI is InChI=1S/C22H28N18O3/c1-39-18(10(9-41)7-29-39)37-35-12-14(23)31-21(25)33-16(12)27-5-4-6-28-17-13(15(24)32-22(26)34-17)36-38-19-11(20(42)43-3)8-30-40(19)2/h7-9H,4-6H2,1-3H3,(H5,23,25,27,31,33)(H5,24,26,28,32,34)/b37-35+,38-36+. The second kappa shape index (κ2) is 12.9. The zero-order valence-corrected chi connectivity index (χ0v) is 23.3. The maximum absolute atomic E-state index is 12.0. The first-order valence-corrected chi connectivity index (χ1v) is 12.4. The van der Waals surface area contributed by atoms with E-state index in [0.29, 0.717) is 25.8 Å².